The smallest absolute Gasteiger partial charge is 0.226 e. The highest BCUT2D eigenvalue weighted by Gasteiger charge is 2.35. The van der Waals surface area contributed by atoms with Gasteiger partial charge in [-0.3, -0.25) is 4.79 Å². The van der Waals surface area contributed by atoms with Crippen molar-refractivity contribution in [2.45, 2.75) is 31.7 Å². The molecule has 0 aromatic heterocycles. The molecule has 70 valence electrons. The fourth-order valence-electron chi connectivity index (χ4n) is 1.15. The molecule has 12 heavy (non-hydrogen) atoms. The average Bonchev–Trinajstić information content (AvgIpc) is 2.50. The van der Waals surface area contributed by atoms with Crippen molar-refractivity contribution < 1.29 is 19.4 Å². The number of hydrogen-bond donors (Lipinski definition) is 1. The molecule has 0 spiro atoms. The fourth-order valence-corrected chi connectivity index (χ4v) is 1.15. The molecule has 1 atom stereocenters. The van der Waals surface area contributed by atoms with Gasteiger partial charge in [-0.25, -0.2) is 0 Å². The van der Waals surface area contributed by atoms with Gasteiger partial charge in [-0.1, -0.05) is 0 Å². The summed E-state index contributed by atoms with van der Waals surface area (Å²) in [6.45, 7) is 2.59. The van der Waals surface area contributed by atoms with Crippen LogP contribution in [0.3, 0.4) is 0 Å². The zero-order valence-electron chi connectivity index (χ0n) is 7.16. The maximum atomic E-state index is 10.6. The minimum Gasteiger partial charge on any atom is -0.393 e. The van der Waals surface area contributed by atoms with Gasteiger partial charge in [0.25, 0.3) is 0 Å². The number of aliphatic hydroxyl groups is 1. The Morgan fingerprint density at radius 1 is 1.58 bits per heavy atom. The molecule has 1 fully saturated rings. The Morgan fingerprint density at radius 3 is 2.58 bits per heavy atom. The van der Waals surface area contributed by atoms with E-state index in [0.29, 0.717) is 32.3 Å². The molecule has 0 aliphatic carbocycles. The summed E-state index contributed by atoms with van der Waals surface area (Å²) < 4.78 is 10.3. The van der Waals surface area contributed by atoms with Gasteiger partial charge in [-0.05, 0) is 13.3 Å². The maximum absolute atomic E-state index is 10.6. The van der Waals surface area contributed by atoms with Gasteiger partial charge in [-0.2, -0.15) is 0 Å². The van der Waals surface area contributed by atoms with E-state index in [9.17, 15) is 4.79 Å². The van der Waals surface area contributed by atoms with Crippen LogP contribution in [0.2, 0.25) is 0 Å². The Hall–Kier alpha value is -0.450. The molecule has 1 rings (SSSR count). The van der Waals surface area contributed by atoms with Gasteiger partial charge < -0.3 is 14.6 Å². The van der Waals surface area contributed by atoms with Crippen LogP contribution in [-0.2, 0) is 14.3 Å². The van der Waals surface area contributed by atoms with Crippen LogP contribution in [0.15, 0.2) is 0 Å². The molecule has 0 aromatic carbocycles. The molecule has 0 radical (unpaired) electrons. The first kappa shape index (κ1) is 9.64. The van der Waals surface area contributed by atoms with Gasteiger partial charge in [0.15, 0.2) is 6.29 Å². The van der Waals surface area contributed by atoms with Crippen LogP contribution in [0.5, 0.6) is 0 Å². The van der Waals surface area contributed by atoms with E-state index in [1.807, 2.05) is 0 Å². The third-order valence-corrected chi connectivity index (χ3v) is 1.87. The van der Waals surface area contributed by atoms with Gasteiger partial charge in [0.2, 0.25) is 5.79 Å². The quantitative estimate of drug-likeness (QED) is 0.614. The molecule has 1 heterocycles. The second kappa shape index (κ2) is 3.98. The molecular weight excluding hydrogens is 160 g/mol. The Balaban J connectivity index is 2.39. The summed E-state index contributed by atoms with van der Waals surface area (Å²) in [6, 6.07) is 0. The molecule has 0 saturated carbocycles. The molecule has 1 aliphatic heterocycles. The van der Waals surface area contributed by atoms with Gasteiger partial charge >= 0.3 is 0 Å². The summed E-state index contributed by atoms with van der Waals surface area (Å²) >= 11 is 0. The van der Waals surface area contributed by atoms with Crippen molar-refractivity contribution >= 4 is 6.29 Å². The van der Waals surface area contributed by atoms with Gasteiger partial charge in [-0.15, -0.1) is 0 Å². The van der Waals surface area contributed by atoms with E-state index in [0.717, 1.165) is 0 Å². The third-order valence-electron chi connectivity index (χ3n) is 1.87. The van der Waals surface area contributed by atoms with Crippen molar-refractivity contribution in [1.82, 2.24) is 0 Å². The Bertz CT molecular complexity index is 149. The number of rotatable bonds is 4. The summed E-state index contributed by atoms with van der Waals surface area (Å²) in [7, 11) is 0. The third kappa shape index (κ3) is 2.27. The topological polar surface area (TPSA) is 55.8 Å². The van der Waals surface area contributed by atoms with Crippen LogP contribution < -0.4 is 0 Å². The number of aliphatic hydroxyl groups excluding tert-OH is 1. The second-order valence-corrected chi connectivity index (χ2v) is 3.01. The van der Waals surface area contributed by atoms with E-state index < -0.39 is 11.9 Å². The van der Waals surface area contributed by atoms with Crippen molar-refractivity contribution in [3.63, 3.8) is 0 Å². The number of carbonyl (C=O) groups excluding carboxylic acids is 1. The predicted molar refractivity (Wildman–Crippen MR) is 41.6 cm³/mol. The molecular formula is C8H14O4. The first-order chi connectivity index (χ1) is 5.68. The van der Waals surface area contributed by atoms with E-state index in [1.165, 1.54) is 0 Å². The maximum Gasteiger partial charge on any atom is 0.226 e. The lowest BCUT2D eigenvalue weighted by molar-refractivity contribution is -0.170. The van der Waals surface area contributed by atoms with Crippen molar-refractivity contribution in [1.29, 1.82) is 0 Å². The Morgan fingerprint density at radius 2 is 2.17 bits per heavy atom. The molecule has 1 N–H and O–H groups in total. The lowest BCUT2D eigenvalue weighted by atomic mass is 10.1. The van der Waals surface area contributed by atoms with Crippen LogP contribution >= 0.6 is 0 Å². The highest BCUT2D eigenvalue weighted by Crippen LogP contribution is 2.23. The largest absolute Gasteiger partial charge is 0.393 e. The highest BCUT2D eigenvalue weighted by atomic mass is 16.7. The minimum absolute atomic E-state index is 0.422. The minimum atomic E-state index is -1.07. The fraction of sp³-hybridized carbons (Fsp3) is 0.875. The van der Waals surface area contributed by atoms with Gasteiger partial charge in [0.05, 0.1) is 19.3 Å². The van der Waals surface area contributed by atoms with Crippen molar-refractivity contribution in [2.75, 3.05) is 13.2 Å². The second-order valence-electron chi connectivity index (χ2n) is 3.01. The lowest BCUT2D eigenvalue weighted by Crippen LogP contribution is -2.32. The summed E-state index contributed by atoms with van der Waals surface area (Å²) in [6.07, 6.45) is 1.18. The lowest BCUT2D eigenvalue weighted by Gasteiger charge is -2.20. The zero-order chi connectivity index (χ0) is 9.03. The summed E-state index contributed by atoms with van der Waals surface area (Å²) in [4.78, 5) is 10.6. The van der Waals surface area contributed by atoms with E-state index in [4.69, 9.17) is 14.6 Å². The Kier molecular flexibility index (Phi) is 3.20. The first-order valence-corrected chi connectivity index (χ1v) is 4.11. The van der Waals surface area contributed by atoms with Crippen LogP contribution in [0.25, 0.3) is 0 Å². The van der Waals surface area contributed by atoms with Crippen LogP contribution in [0, 0.1) is 0 Å². The number of carbonyl (C=O) groups is 1. The molecule has 1 saturated heterocycles. The normalized spacial score (nSPS) is 23.8. The van der Waals surface area contributed by atoms with Crippen LogP contribution in [-0.4, -0.2) is 36.5 Å². The van der Waals surface area contributed by atoms with Crippen LogP contribution in [0.4, 0.5) is 0 Å². The summed E-state index contributed by atoms with van der Waals surface area (Å²) in [5, 5.41) is 9.00. The van der Waals surface area contributed by atoms with E-state index in [2.05, 4.69) is 0 Å². The molecule has 4 heteroatoms. The Labute approximate surface area is 71.5 Å². The highest BCUT2D eigenvalue weighted by molar-refractivity contribution is 5.60. The van der Waals surface area contributed by atoms with Crippen LogP contribution in [0.1, 0.15) is 19.8 Å². The predicted octanol–water partition coefficient (Wildman–Crippen LogP) is 0.0894. The summed E-state index contributed by atoms with van der Waals surface area (Å²) in [5.74, 6) is -1.07. The van der Waals surface area contributed by atoms with Gasteiger partial charge in [0, 0.05) is 6.42 Å². The SMILES string of the molecule is CC(O)CCC1(C=O)OCCO1. The molecule has 0 amide bonds. The standard InChI is InChI=1S/C8H14O4/c1-7(10)2-3-8(6-9)11-4-5-12-8/h6-7,10H,2-5H2,1H3. The zero-order valence-corrected chi connectivity index (χ0v) is 7.16. The molecule has 4 nitrogen and oxygen atoms in total. The van der Waals surface area contributed by atoms with E-state index in [-0.39, 0.29) is 0 Å². The number of aldehydes is 1. The first-order valence-electron chi connectivity index (χ1n) is 4.11. The number of hydrogen-bond acceptors (Lipinski definition) is 4. The average molecular weight is 174 g/mol. The monoisotopic (exact) mass is 174 g/mol. The molecule has 1 unspecified atom stereocenters. The molecule has 1 aliphatic rings. The van der Waals surface area contributed by atoms with Crippen molar-refractivity contribution in [2.24, 2.45) is 0 Å². The van der Waals surface area contributed by atoms with Gasteiger partial charge in [0.1, 0.15) is 0 Å². The van der Waals surface area contributed by atoms with Crippen molar-refractivity contribution in [3.05, 3.63) is 0 Å². The number of ether oxygens (including phenoxy) is 2. The van der Waals surface area contributed by atoms with E-state index in [1.54, 1.807) is 6.92 Å². The van der Waals surface area contributed by atoms with Crippen molar-refractivity contribution in [3.8, 4) is 0 Å². The van der Waals surface area contributed by atoms with E-state index >= 15 is 0 Å². The molecule has 0 bridgehead atoms. The summed E-state index contributed by atoms with van der Waals surface area (Å²) in [5.41, 5.74) is 0. The molecule has 0 aromatic rings.